The van der Waals surface area contributed by atoms with Crippen molar-refractivity contribution >= 4 is 51.7 Å². The lowest BCUT2D eigenvalue weighted by Crippen LogP contribution is -2.15. The lowest BCUT2D eigenvalue weighted by atomic mass is 10.6. The lowest BCUT2D eigenvalue weighted by Gasteiger charge is -2.01. The van der Waals surface area contributed by atoms with E-state index in [4.69, 9.17) is 5.73 Å². The number of H-pyrrole nitrogens is 1. The van der Waals surface area contributed by atoms with Crippen molar-refractivity contribution in [1.29, 1.82) is 0 Å². The summed E-state index contributed by atoms with van der Waals surface area (Å²) in [4.78, 5) is 29.4. The van der Waals surface area contributed by atoms with Gasteiger partial charge in [-0.05, 0) is 5.75 Å². The van der Waals surface area contributed by atoms with Crippen LogP contribution in [-0.2, 0) is 4.79 Å². The summed E-state index contributed by atoms with van der Waals surface area (Å²) >= 11 is 3.97. The van der Waals surface area contributed by atoms with Gasteiger partial charge in [0.2, 0.25) is 11.0 Å². The summed E-state index contributed by atoms with van der Waals surface area (Å²) in [6, 6.07) is 1.18. The van der Waals surface area contributed by atoms with Gasteiger partial charge in [-0.15, -0.1) is 10.2 Å². The van der Waals surface area contributed by atoms with Crippen LogP contribution >= 0.6 is 34.9 Å². The number of carbonyl (C=O) groups is 1. The molecular formula is C10H12N6O2S3. The van der Waals surface area contributed by atoms with Crippen LogP contribution in [0.1, 0.15) is 6.92 Å². The maximum Gasteiger partial charge on any atom is 0.253 e. The SMILES string of the molecule is CCSc1nnc(NC(=O)CSc2nc(N)cc(=O)[nH]2)s1. The van der Waals surface area contributed by atoms with Crippen LogP contribution in [0.2, 0.25) is 0 Å². The molecule has 0 radical (unpaired) electrons. The van der Waals surface area contributed by atoms with Crippen molar-refractivity contribution in [2.75, 3.05) is 22.6 Å². The summed E-state index contributed by atoms with van der Waals surface area (Å²) < 4.78 is 0.808. The van der Waals surface area contributed by atoms with Crippen molar-refractivity contribution in [3.05, 3.63) is 16.4 Å². The highest BCUT2D eigenvalue weighted by Gasteiger charge is 2.09. The molecular weight excluding hydrogens is 332 g/mol. The number of hydrogen-bond donors (Lipinski definition) is 3. The van der Waals surface area contributed by atoms with Gasteiger partial charge in [0.05, 0.1) is 5.75 Å². The Labute approximate surface area is 132 Å². The second kappa shape index (κ2) is 7.43. The van der Waals surface area contributed by atoms with Crippen LogP contribution < -0.4 is 16.6 Å². The fourth-order valence-electron chi connectivity index (χ4n) is 1.25. The molecule has 0 aliphatic carbocycles. The molecule has 112 valence electrons. The normalized spacial score (nSPS) is 10.5. The third-order valence-corrected chi connectivity index (χ3v) is 4.73. The number of nitrogens with one attached hydrogen (secondary N) is 2. The molecule has 0 aliphatic rings. The molecule has 8 nitrogen and oxygen atoms in total. The van der Waals surface area contributed by atoms with E-state index in [-0.39, 0.29) is 23.0 Å². The molecule has 0 spiro atoms. The topological polar surface area (TPSA) is 127 Å². The highest BCUT2D eigenvalue weighted by atomic mass is 32.2. The first-order valence-corrected chi connectivity index (χ1v) is 8.61. The minimum Gasteiger partial charge on any atom is -0.383 e. The van der Waals surface area contributed by atoms with Gasteiger partial charge >= 0.3 is 0 Å². The van der Waals surface area contributed by atoms with Crippen LogP contribution in [0.3, 0.4) is 0 Å². The highest BCUT2D eigenvalue weighted by Crippen LogP contribution is 2.25. The zero-order valence-electron chi connectivity index (χ0n) is 11.0. The number of thioether (sulfide) groups is 2. The number of aromatic nitrogens is 4. The monoisotopic (exact) mass is 344 g/mol. The smallest absolute Gasteiger partial charge is 0.253 e. The van der Waals surface area contributed by atoms with E-state index in [2.05, 4.69) is 25.5 Å². The molecule has 0 saturated heterocycles. The zero-order chi connectivity index (χ0) is 15.2. The lowest BCUT2D eigenvalue weighted by molar-refractivity contribution is -0.113. The van der Waals surface area contributed by atoms with Gasteiger partial charge in [-0.25, -0.2) is 4.98 Å². The van der Waals surface area contributed by atoms with Crippen LogP contribution in [0.4, 0.5) is 10.9 Å². The molecule has 0 fully saturated rings. The standard InChI is InChI=1S/C10H12N6O2S3/c1-2-19-10-16-15-9(21-10)14-7(18)4-20-8-12-5(11)3-6(17)13-8/h3H,2,4H2,1H3,(H,14,15,18)(H3,11,12,13,17). The highest BCUT2D eigenvalue weighted by molar-refractivity contribution is 8.01. The molecule has 0 bridgehead atoms. The Morgan fingerprint density at radius 2 is 2.29 bits per heavy atom. The Bertz CT molecular complexity index is 685. The van der Waals surface area contributed by atoms with Crippen LogP contribution in [0.25, 0.3) is 0 Å². The van der Waals surface area contributed by atoms with Crippen LogP contribution in [-0.4, -0.2) is 37.6 Å². The van der Waals surface area contributed by atoms with Crippen LogP contribution in [0.5, 0.6) is 0 Å². The van der Waals surface area contributed by atoms with E-state index in [1.54, 1.807) is 11.8 Å². The number of anilines is 2. The van der Waals surface area contributed by atoms with E-state index in [1.165, 1.54) is 17.4 Å². The third-order valence-electron chi connectivity index (χ3n) is 2.00. The number of nitrogen functional groups attached to an aromatic ring is 1. The number of nitrogens with two attached hydrogens (primary N) is 1. The van der Waals surface area contributed by atoms with Gasteiger partial charge in [0, 0.05) is 6.07 Å². The first kappa shape index (κ1) is 15.8. The van der Waals surface area contributed by atoms with Gasteiger partial charge < -0.3 is 10.7 Å². The van der Waals surface area contributed by atoms with E-state index in [0.717, 1.165) is 21.9 Å². The first-order chi connectivity index (χ1) is 10.1. The van der Waals surface area contributed by atoms with Gasteiger partial charge in [0.1, 0.15) is 5.82 Å². The summed E-state index contributed by atoms with van der Waals surface area (Å²) in [5.74, 6) is 0.844. The molecule has 1 amide bonds. The van der Waals surface area contributed by atoms with Crippen LogP contribution in [0.15, 0.2) is 20.4 Å². The predicted molar refractivity (Wildman–Crippen MR) is 84.9 cm³/mol. The Hall–Kier alpha value is -1.59. The van der Waals surface area contributed by atoms with E-state index in [0.29, 0.717) is 10.3 Å². The van der Waals surface area contributed by atoms with Gasteiger partial charge in [-0.3, -0.25) is 14.9 Å². The van der Waals surface area contributed by atoms with Gasteiger partial charge in [0.15, 0.2) is 9.50 Å². The summed E-state index contributed by atoms with van der Waals surface area (Å²) in [7, 11) is 0. The molecule has 0 atom stereocenters. The molecule has 4 N–H and O–H groups in total. The van der Waals surface area contributed by atoms with Gasteiger partial charge in [0.25, 0.3) is 5.56 Å². The number of hydrogen-bond acceptors (Lipinski definition) is 9. The summed E-state index contributed by atoms with van der Waals surface area (Å²) in [6.45, 7) is 2.01. The first-order valence-electron chi connectivity index (χ1n) is 5.82. The molecule has 2 aromatic rings. The molecule has 0 unspecified atom stereocenters. The van der Waals surface area contributed by atoms with Gasteiger partial charge in [-0.2, -0.15) is 0 Å². The molecule has 2 heterocycles. The second-order valence-corrected chi connectivity index (χ2v) is 7.07. The molecule has 21 heavy (non-hydrogen) atoms. The average Bonchev–Trinajstić information content (AvgIpc) is 2.83. The number of nitrogens with zero attached hydrogens (tertiary/aromatic N) is 3. The average molecular weight is 344 g/mol. The summed E-state index contributed by atoms with van der Waals surface area (Å²) in [5, 5.41) is 11.2. The summed E-state index contributed by atoms with van der Waals surface area (Å²) in [6.07, 6.45) is 0. The minimum absolute atomic E-state index is 0.0855. The quantitative estimate of drug-likeness (QED) is 0.403. The number of carbonyl (C=O) groups excluding carboxylic acids is 1. The van der Waals surface area contributed by atoms with Gasteiger partial charge in [-0.1, -0.05) is 41.8 Å². The largest absolute Gasteiger partial charge is 0.383 e. The van der Waals surface area contributed by atoms with Crippen molar-refractivity contribution in [2.24, 2.45) is 0 Å². The van der Waals surface area contributed by atoms with Crippen molar-refractivity contribution < 1.29 is 4.79 Å². The number of amides is 1. The molecule has 11 heteroatoms. The number of aromatic amines is 1. The van der Waals surface area contributed by atoms with Crippen LogP contribution in [0, 0.1) is 0 Å². The maximum atomic E-state index is 11.8. The molecule has 0 aliphatic heterocycles. The molecule has 0 aromatic carbocycles. The van der Waals surface area contributed by atoms with E-state index >= 15 is 0 Å². The molecule has 0 saturated carbocycles. The maximum absolute atomic E-state index is 11.8. The Morgan fingerprint density at radius 1 is 1.48 bits per heavy atom. The van der Waals surface area contributed by atoms with E-state index < -0.39 is 0 Å². The van der Waals surface area contributed by atoms with E-state index in [9.17, 15) is 9.59 Å². The fourth-order valence-corrected chi connectivity index (χ4v) is 3.60. The molecule has 2 aromatic heterocycles. The van der Waals surface area contributed by atoms with E-state index in [1.807, 2.05) is 6.92 Å². The number of rotatable bonds is 6. The predicted octanol–water partition coefficient (Wildman–Crippen LogP) is 1.05. The molecule has 2 rings (SSSR count). The Morgan fingerprint density at radius 3 is 3.00 bits per heavy atom. The van der Waals surface area contributed by atoms with Crippen molar-refractivity contribution in [2.45, 2.75) is 16.4 Å². The Balaban J connectivity index is 1.87. The van der Waals surface area contributed by atoms with Crippen molar-refractivity contribution in [3.8, 4) is 0 Å². The second-order valence-electron chi connectivity index (χ2n) is 3.62. The van der Waals surface area contributed by atoms with Crippen molar-refractivity contribution in [3.63, 3.8) is 0 Å². The fraction of sp³-hybridized carbons (Fsp3) is 0.300. The Kier molecular flexibility index (Phi) is 5.59. The van der Waals surface area contributed by atoms with Crippen molar-refractivity contribution in [1.82, 2.24) is 20.2 Å². The minimum atomic E-state index is -0.351. The zero-order valence-corrected chi connectivity index (χ0v) is 13.4. The third kappa shape index (κ3) is 5.02. The summed E-state index contributed by atoms with van der Waals surface area (Å²) in [5.41, 5.74) is 5.11.